The molecule has 0 amide bonds. The predicted molar refractivity (Wildman–Crippen MR) is 61.5 cm³/mol. The Labute approximate surface area is 94.0 Å². The first-order valence-electron chi connectivity index (χ1n) is 5.68. The van der Waals surface area contributed by atoms with Gasteiger partial charge in [0.2, 0.25) is 0 Å². The highest BCUT2D eigenvalue weighted by Crippen LogP contribution is 2.30. The van der Waals surface area contributed by atoms with Gasteiger partial charge in [0.15, 0.2) is 11.6 Å². The van der Waals surface area contributed by atoms with Crippen molar-refractivity contribution in [3.05, 3.63) is 23.8 Å². The average molecular weight is 226 g/mol. The van der Waals surface area contributed by atoms with Crippen LogP contribution in [0.4, 0.5) is 20.2 Å². The van der Waals surface area contributed by atoms with Gasteiger partial charge in [0, 0.05) is 13.1 Å². The molecule has 1 saturated heterocycles. The second kappa shape index (κ2) is 4.68. The number of halogens is 2. The molecule has 1 aromatic carbocycles. The highest BCUT2D eigenvalue weighted by atomic mass is 19.2. The van der Waals surface area contributed by atoms with Crippen molar-refractivity contribution in [3.8, 4) is 0 Å². The molecule has 0 saturated carbocycles. The number of nitrogens with zero attached hydrogens (tertiary/aromatic N) is 1. The smallest absolute Gasteiger partial charge is 0.184 e. The number of rotatable bonds is 1. The summed E-state index contributed by atoms with van der Waals surface area (Å²) in [6, 6.07) is 2.50. The van der Waals surface area contributed by atoms with Gasteiger partial charge < -0.3 is 10.6 Å². The topological polar surface area (TPSA) is 29.3 Å². The zero-order valence-electron chi connectivity index (χ0n) is 9.18. The molecule has 0 aliphatic carbocycles. The van der Waals surface area contributed by atoms with Crippen LogP contribution >= 0.6 is 0 Å². The average Bonchev–Trinajstić information content (AvgIpc) is 2.53. The largest absolute Gasteiger partial charge is 0.397 e. The van der Waals surface area contributed by atoms with Crippen molar-refractivity contribution in [2.24, 2.45) is 0 Å². The Kier molecular flexibility index (Phi) is 3.27. The van der Waals surface area contributed by atoms with Gasteiger partial charge in [-0.15, -0.1) is 0 Å². The Morgan fingerprint density at radius 3 is 2.25 bits per heavy atom. The standard InChI is InChI=1S/C12H16F2N2/c13-9-5-6-10(15)12(11(9)14)16-7-3-1-2-4-8-16/h5-6H,1-4,7-8,15H2. The van der Waals surface area contributed by atoms with Crippen LogP contribution in [0, 0.1) is 11.6 Å². The molecule has 16 heavy (non-hydrogen) atoms. The maximum atomic E-state index is 13.7. The Morgan fingerprint density at radius 1 is 1.00 bits per heavy atom. The molecule has 2 N–H and O–H groups in total. The van der Waals surface area contributed by atoms with Crippen molar-refractivity contribution >= 4 is 11.4 Å². The Balaban J connectivity index is 2.33. The molecule has 0 spiro atoms. The summed E-state index contributed by atoms with van der Waals surface area (Å²) >= 11 is 0. The lowest BCUT2D eigenvalue weighted by Crippen LogP contribution is -2.26. The summed E-state index contributed by atoms with van der Waals surface area (Å²) < 4.78 is 26.8. The molecular formula is C12H16F2N2. The molecule has 0 radical (unpaired) electrons. The van der Waals surface area contributed by atoms with Crippen molar-refractivity contribution in [1.82, 2.24) is 0 Å². The number of anilines is 2. The summed E-state index contributed by atoms with van der Waals surface area (Å²) in [5.74, 6) is -1.64. The Morgan fingerprint density at radius 2 is 1.62 bits per heavy atom. The molecular weight excluding hydrogens is 210 g/mol. The van der Waals surface area contributed by atoms with E-state index in [2.05, 4.69) is 0 Å². The first-order chi connectivity index (χ1) is 7.70. The highest BCUT2D eigenvalue weighted by Gasteiger charge is 2.19. The molecule has 1 heterocycles. The van der Waals surface area contributed by atoms with Crippen molar-refractivity contribution in [1.29, 1.82) is 0 Å². The van der Waals surface area contributed by atoms with Gasteiger partial charge in [0.05, 0.1) is 11.4 Å². The summed E-state index contributed by atoms with van der Waals surface area (Å²) in [7, 11) is 0. The quantitative estimate of drug-likeness (QED) is 0.746. The van der Waals surface area contributed by atoms with E-state index >= 15 is 0 Å². The fraction of sp³-hybridized carbons (Fsp3) is 0.500. The molecule has 1 aliphatic heterocycles. The van der Waals surface area contributed by atoms with Crippen LogP contribution in [0.15, 0.2) is 12.1 Å². The molecule has 0 aromatic heterocycles. The lowest BCUT2D eigenvalue weighted by molar-refractivity contribution is 0.506. The minimum atomic E-state index is -0.826. The molecule has 1 aromatic rings. The number of benzene rings is 1. The van der Waals surface area contributed by atoms with Crippen LogP contribution in [-0.4, -0.2) is 13.1 Å². The first-order valence-corrected chi connectivity index (χ1v) is 5.68. The van der Waals surface area contributed by atoms with E-state index in [-0.39, 0.29) is 5.69 Å². The van der Waals surface area contributed by atoms with Gasteiger partial charge in [-0.05, 0) is 25.0 Å². The van der Waals surface area contributed by atoms with Gasteiger partial charge in [0.1, 0.15) is 0 Å². The molecule has 0 atom stereocenters. The second-order valence-electron chi connectivity index (χ2n) is 4.20. The van der Waals surface area contributed by atoms with Gasteiger partial charge in [-0.2, -0.15) is 0 Å². The molecule has 0 unspecified atom stereocenters. The lowest BCUT2D eigenvalue weighted by atomic mass is 10.2. The monoisotopic (exact) mass is 226 g/mol. The minimum Gasteiger partial charge on any atom is -0.397 e. The van der Waals surface area contributed by atoms with Crippen LogP contribution in [0.5, 0.6) is 0 Å². The number of nitrogens with two attached hydrogens (primary N) is 1. The molecule has 1 fully saturated rings. The van der Waals surface area contributed by atoms with Gasteiger partial charge in [-0.25, -0.2) is 8.78 Å². The van der Waals surface area contributed by atoms with Crippen LogP contribution in [0.3, 0.4) is 0 Å². The van der Waals surface area contributed by atoms with Crippen molar-refractivity contribution in [2.75, 3.05) is 23.7 Å². The van der Waals surface area contributed by atoms with Gasteiger partial charge in [-0.3, -0.25) is 0 Å². The van der Waals surface area contributed by atoms with Crippen LogP contribution in [0.1, 0.15) is 25.7 Å². The van der Waals surface area contributed by atoms with Crippen molar-refractivity contribution < 1.29 is 8.78 Å². The fourth-order valence-electron chi connectivity index (χ4n) is 2.17. The first kappa shape index (κ1) is 11.2. The summed E-state index contributed by atoms with van der Waals surface area (Å²) in [5, 5.41) is 0. The molecule has 1 aliphatic rings. The third-order valence-electron chi connectivity index (χ3n) is 3.02. The lowest BCUT2D eigenvalue weighted by Gasteiger charge is -2.24. The van der Waals surface area contributed by atoms with Crippen LogP contribution in [0.25, 0.3) is 0 Å². The molecule has 4 heteroatoms. The Hall–Kier alpha value is -1.32. The van der Waals surface area contributed by atoms with E-state index in [1.54, 1.807) is 0 Å². The van der Waals surface area contributed by atoms with E-state index < -0.39 is 11.6 Å². The maximum Gasteiger partial charge on any atom is 0.184 e. The Bertz CT molecular complexity index is 372. The second-order valence-corrected chi connectivity index (χ2v) is 4.20. The van der Waals surface area contributed by atoms with Crippen LogP contribution in [0.2, 0.25) is 0 Å². The zero-order chi connectivity index (χ0) is 11.5. The van der Waals surface area contributed by atoms with E-state index in [1.807, 2.05) is 4.90 Å². The summed E-state index contributed by atoms with van der Waals surface area (Å²) in [4.78, 5) is 1.86. The van der Waals surface area contributed by atoms with Crippen molar-refractivity contribution in [2.45, 2.75) is 25.7 Å². The van der Waals surface area contributed by atoms with Gasteiger partial charge in [-0.1, -0.05) is 12.8 Å². The van der Waals surface area contributed by atoms with E-state index in [4.69, 9.17) is 5.73 Å². The van der Waals surface area contributed by atoms with Gasteiger partial charge >= 0.3 is 0 Å². The predicted octanol–water partition coefficient (Wildman–Crippen LogP) is 2.93. The number of nitrogen functional groups attached to an aromatic ring is 1. The number of hydrogen-bond donors (Lipinski definition) is 1. The van der Waals surface area contributed by atoms with E-state index in [0.717, 1.165) is 44.8 Å². The van der Waals surface area contributed by atoms with Crippen LogP contribution < -0.4 is 10.6 Å². The fourth-order valence-corrected chi connectivity index (χ4v) is 2.17. The zero-order valence-corrected chi connectivity index (χ0v) is 9.18. The van der Waals surface area contributed by atoms with Crippen LogP contribution in [-0.2, 0) is 0 Å². The van der Waals surface area contributed by atoms with E-state index in [9.17, 15) is 8.78 Å². The summed E-state index contributed by atoms with van der Waals surface area (Å²) in [5.41, 5.74) is 6.28. The maximum absolute atomic E-state index is 13.7. The van der Waals surface area contributed by atoms with E-state index in [0.29, 0.717) is 5.69 Å². The minimum absolute atomic E-state index is 0.238. The van der Waals surface area contributed by atoms with Crippen molar-refractivity contribution in [3.63, 3.8) is 0 Å². The summed E-state index contributed by atoms with van der Waals surface area (Å²) in [6.07, 6.45) is 4.31. The van der Waals surface area contributed by atoms with E-state index in [1.165, 1.54) is 6.07 Å². The third kappa shape index (κ3) is 2.10. The molecule has 88 valence electrons. The SMILES string of the molecule is Nc1ccc(F)c(F)c1N1CCCCCC1. The number of hydrogen-bond acceptors (Lipinski definition) is 2. The third-order valence-corrected chi connectivity index (χ3v) is 3.02. The summed E-state index contributed by atoms with van der Waals surface area (Å²) in [6.45, 7) is 1.51. The molecule has 0 bridgehead atoms. The van der Waals surface area contributed by atoms with Gasteiger partial charge in [0.25, 0.3) is 0 Å². The normalized spacial score (nSPS) is 17.2. The highest BCUT2D eigenvalue weighted by molar-refractivity contribution is 5.68. The molecule has 2 nitrogen and oxygen atoms in total. The molecule has 2 rings (SSSR count).